The summed E-state index contributed by atoms with van der Waals surface area (Å²) < 4.78 is 17.6. The number of hydrogen-bond donors (Lipinski definition) is 1. The number of hydrogen-bond acceptors (Lipinski definition) is 5. The molecule has 5 rings (SSSR count). The molecule has 0 saturated carbocycles. The van der Waals surface area contributed by atoms with Crippen molar-refractivity contribution in [1.82, 2.24) is 10.2 Å². The van der Waals surface area contributed by atoms with Gasteiger partial charge in [0, 0.05) is 31.8 Å². The summed E-state index contributed by atoms with van der Waals surface area (Å²) in [6.07, 6.45) is 0. The van der Waals surface area contributed by atoms with E-state index < -0.39 is 0 Å². The quantitative estimate of drug-likeness (QED) is 0.212. The van der Waals surface area contributed by atoms with Crippen molar-refractivity contribution in [3.05, 3.63) is 130 Å². The fourth-order valence-electron chi connectivity index (χ4n) is 5.00. The maximum atomic E-state index is 14.1. The van der Waals surface area contributed by atoms with Crippen molar-refractivity contribution in [2.24, 2.45) is 0 Å². The molecule has 1 heterocycles. The SMILES string of the molecule is COCNC(=O)c1ccc2c(c1)CN(C(=O)c1cc(C(C)C)c(OCc3ccccc3)cc1OCc1ccccc1)C2. The van der Waals surface area contributed by atoms with E-state index in [9.17, 15) is 9.59 Å². The third-order valence-electron chi connectivity index (χ3n) is 7.29. The fraction of sp³-hybridized carbons (Fsp3) is 0.257. The molecule has 216 valence electrons. The second-order valence-corrected chi connectivity index (χ2v) is 10.7. The molecule has 0 fully saturated rings. The molecule has 0 saturated heterocycles. The minimum atomic E-state index is -0.214. The fourth-order valence-corrected chi connectivity index (χ4v) is 5.00. The molecule has 1 aliphatic heterocycles. The summed E-state index contributed by atoms with van der Waals surface area (Å²) in [4.78, 5) is 28.3. The van der Waals surface area contributed by atoms with Crippen LogP contribution in [0.3, 0.4) is 0 Å². The number of methoxy groups -OCH3 is 1. The Hall–Kier alpha value is -4.62. The third-order valence-corrected chi connectivity index (χ3v) is 7.29. The number of rotatable bonds is 11. The van der Waals surface area contributed by atoms with Crippen LogP contribution in [-0.2, 0) is 31.0 Å². The standard InChI is InChI=1S/C35H36N2O5/c1-24(2)30-17-31(35(39)37-19-28-15-14-27(16-29(28)20-37)34(38)36-23-40-3)33(42-22-26-12-8-5-9-13-26)18-32(30)41-21-25-10-6-4-7-11-25/h4-18,24H,19-23H2,1-3H3,(H,36,38). The smallest absolute Gasteiger partial charge is 0.258 e. The van der Waals surface area contributed by atoms with Crippen LogP contribution in [0.2, 0.25) is 0 Å². The number of carbonyl (C=O) groups excluding carboxylic acids is 2. The lowest BCUT2D eigenvalue weighted by atomic mass is 9.98. The van der Waals surface area contributed by atoms with Crippen molar-refractivity contribution < 1.29 is 23.8 Å². The van der Waals surface area contributed by atoms with Gasteiger partial charge in [-0.25, -0.2) is 0 Å². The van der Waals surface area contributed by atoms with Gasteiger partial charge in [-0.15, -0.1) is 0 Å². The Kier molecular flexibility index (Phi) is 9.19. The van der Waals surface area contributed by atoms with Crippen LogP contribution in [-0.4, -0.2) is 30.6 Å². The molecule has 0 atom stereocenters. The molecule has 0 radical (unpaired) electrons. The zero-order valence-electron chi connectivity index (χ0n) is 24.3. The minimum Gasteiger partial charge on any atom is -0.488 e. The first kappa shape index (κ1) is 28.9. The molecular weight excluding hydrogens is 528 g/mol. The van der Waals surface area contributed by atoms with E-state index in [4.69, 9.17) is 14.2 Å². The number of ether oxygens (including phenoxy) is 3. The second kappa shape index (κ2) is 13.4. The second-order valence-electron chi connectivity index (χ2n) is 10.7. The van der Waals surface area contributed by atoms with E-state index in [0.29, 0.717) is 48.9 Å². The van der Waals surface area contributed by atoms with Crippen molar-refractivity contribution in [2.75, 3.05) is 13.8 Å². The highest BCUT2D eigenvalue weighted by atomic mass is 16.5. The van der Waals surface area contributed by atoms with Gasteiger partial charge in [0.05, 0.1) is 5.56 Å². The van der Waals surface area contributed by atoms with Crippen LogP contribution in [0.25, 0.3) is 0 Å². The lowest BCUT2D eigenvalue weighted by Gasteiger charge is -2.22. The first-order valence-corrected chi connectivity index (χ1v) is 14.1. The molecule has 0 spiro atoms. The zero-order chi connectivity index (χ0) is 29.5. The van der Waals surface area contributed by atoms with Gasteiger partial charge in [0.15, 0.2) is 0 Å². The van der Waals surface area contributed by atoms with Gasteiger partial charge < -0.3 is 24.4 Å². The van der Waals surface area contributed by atoms with E-state index >= 15 is 0 Å². The van der Waals surface area contributed by atoms with E-state index in [1.165, 1.54) is 7.11 Å². The molecule has 1 aliphatic rings. The first-order valence-electron chi connectivity index (χ1n) is 14.1. The predicted octanol–water partition coefficient (Wildman–Crippen LogP) is 6.46. The van der Waals surface area contributed by atoms with E-state index in [2.05, 4.69) is 19.2 Å². The number of carbonyl (C=O) groups is 2. The molecule has 4 aromatic carbocycles. The van der Waals surface area contributed by atoms with Gasteiger partial charge >= 0.3 is 0 Å². The number of fused-ring (bicyclic) bond motifs is 1. The van der Waals surface area contributed by atoms with E-state index in [-0.39, 0.29) is 24.5 Å². The zero-order valence-corrected chi connectivity index (χ0v) is 24.3. The van der Waals surface area contributed by atoms with Crippen LogP contribution < -0.4 is 14.8 Å². The Balaban J connectivity index is 1.43. The maximum Gasteiger partial charge on any atom is 0.258 e. The summed E-state index contributed by atoms with van der Waals surface area (Å²) in [5, 5.41) is 2.71. The molecule has 0 aromatic heterocycles. The highest BCUT2D eigenvalue weighted by molar-refractivity contribution is 5.98. The van der Waals surface area contributed by atoms with Crippen molar-refractivity contribution in [3.8, 4) is 11.5 Å². The van der Waals surface area contributed by atoms with Crippen LogP contribution in [0.4, 0.5) is 0 Å². The minimum absolute atomic E-state index is 0.120. The molecule has 2 amide bonds. The number of nitrogens with one attached hydrogen (secondary N) is 1. The molecule has 0 aliphatic carbocycles. The number of amides is 2. The van der Waals surface area contributed by atoms with Crippen molar-refractivity contribution in [1.29, 1.82) is 0 Å². The van der Waals surface area contributed by atoms with Gasteiger partial charge in [0.25, 0.3) is 11.8 Å². The lowest BCUT2D eigenvalue weighted by Crippen LogP contribution is -2.26. The Morgan fingerprint density at radius 2 is 1.40 bits per heavy atom. The Labute approximate surface area is 247 Å². The first-order chi connectivity index (χ1) is 20.4. The molecule has 1 N–H and O–H groups in total. The van der Waals surface area contributed by atoms with Crippen molar-refractivity contribution >= 4 is 11.8 Å². The number of nitrogens with zero attached hydrogens (tertiary/aromatic N) is 1. The van der Waals surface area contributed by atoms with Gasteiger partial charge in [-0.2, -0.15) is 0 Å². The molecule has 7 nitrogen and oxygen atoms in total. The molecule has 7 heteroatoms. The van der Waals surface area contributed by atoms with Crippen LogP contribution in [0.15, 0.2) is 91.0 Å². The van der Waals surface area contributed by atoms with Crippen LogP contribution in [0.1, 0.15) is 68.3 Å². The van der Waals surface area contributed by atoms with Gasteiger partial charge in [-0.3, -0.25) is 9.59 Å². The summed E-state index contributed by atoms with van der Waals surface area (Å²) in [6.45, 7) is 5.90. The molecule has 42 heavy (non-hydrogen) atoms. The summed E-state index contributed by atoms with van der Waals surface area (Å²) in [6, 6.07) is 29.2. The van der Waals surface area contributed by atoms with Gasteiger partial charge in [-0.1, -0.05) is 80.6 Å². The molecule has 0 bridgehead atoms. The summed E-state index contributed by atoms with van der Waals surface area (Å²) in [5.74, 6) is 0.955. The lowest BCUT2D eigenvalue weighted by molar-refractivity contribution is 0.0746. The van der Waals surface area contributed by atoms with Crippen molar-refractivity contribution in [3.63, 3.8) is 0 Å². The monoisotopic (exact) mass is 564 g/mol. The topological polar surface area (TPSA) is 77.1 Å². The highest BCUT2D eigenvalue weighted by Crippen LogP contribution is 2.37. The average Bonchev–Trinajstić information content (AvgIpc) is 3.45. The Morgan fingerprint density at radius 1 is 0.786 bits per heavy atom. The van der Waals surface area contributed by atoms with Crippen LogP contribution >= 0.6 is 0 Å². The molecule has 4 aromatic rings. The van der Waals surface area contributed by atoms with E-state index in [1.54, 1.807) is 11.0 Å². The third kappa shape index (κ3) is 6.81. The molecular formula is C35H36N2O5. The normalized spacial score (nSPS) is 12.2. The van der Waals surface area contributed by atoms with Crippen LogP contribution in [0, 0.1) is 0 Å². The van der Waals surface area contributed by atoms with E-state index in [1.807, 2.05) is 84.9 Å². The summed E-state index contributed by atoms with van der Waals surface area (Å²) >= 11 is 0. The number of benzene rings is 4. The summed E-state index contributed by atoms with van der Waals surface area (Å²) in [5.41, 5.74) is 6.00. The predicted molar refractivity (Wildman–Crippen MR) is 161 cm³/mol. The largest absolute Gasteiger partial charge is 0.488 e. The van der Waals surface area contributed by atoms with E-state index in [0.717, 1.165) is 27.8 Å². The Bertz CT molecular complexity index is 1540. The maximum absolute atomic E-state index is 14.1. The molecule has 0 unspecified atom stereocenters. The average molecular weight is 565 g/mol. The van der Waals surface area contributed by atoms with Crippen LogP contribution in [0.5, 0.6) is 11.5 Å². The van der Waals surface area contributed by atoms with Gasteiger partial charge in [-0.05, 0) is 51.9 Å². The van der Waals surface area contributed by atoms with Crippen molar-refractivity contribution in [2.45, 2.75) is 46.1 Å². The highest BCUT2D eigenvalue weighted by Gasteiger charge is 2.29. The summed E-state index contributed by atoms with van der Waals surface area (Å²) in [7, 11) is 1.52. The Morgan fingerprint density at radius 3 is 2.02 bits per heavy atom. The van der Waals surface area contributed by atoms with Gasteiger partial charge in [0.2, 0.25) is 0 Å². The van der Waals surface area contributed by atoms with Gasteiger partial charge in [0.1, 0.15) is 31.4 Å².